The summed E-state index contributed by atoms with van der Waals surface area (Å²) >= 11 is 1.45. The molecular weight excluding hydrogens is 176 g/mol. The van der Waals surface area contributed by atoms with E-state index < -0.39 is 0 Å². The van der Waals surface area contributed by atoms with Crippen LogP contribution in [0.5, 0.6) is 0 Å². The van der Waals surface area contributed by atoms with Gasteiger partial charge in [0.25, 0.3) is 0 Å². The molecule has 5 heteroatoms. The molecule has 0 fully saturated rings. The standard InChI is InChI=1S/C7H6N2O2S/c10-3-5-1-9-7(11-5)6-2-8-4-12-6/h1-2,4,10H,3H2. The van der Waals surface area contributed by atoms with Crippen molar-refractivity contribution in [3.05, 3.63) is 23.7 Å². The molecule has 0 atom stereocenters. The second-order valence-electron chi connectivity index (χ2n) is 2.16. The highest BCUT2D eigenvalue weighted by Gasteiger charge is 2.06. The van der Waals surface area contributed by atoms with Gasteiger partial charge in [0.15, 0.2) is 0 Å². The molecule has 0 spiro atoms. The summed E-state index contributed by atoms with van der Waals surface area (Å²) in [7, 11) is 0. The number of hydrogen-bond acceptors (Lipinski definition) is 5. The molecule has 4 nitrogen and oxygen atoms in total. The Morgan fingerprint density at radius 2 is 2.42 bits per heavy atom. The highest BCUT2D eigenvalue weighted by atomic mass is 32.1. The van der Waals surface area contributed by atoms with Gasteiger partial charge in [-0.1, -0.05) is 0 Å². The molecule has 62 valence electrons. The number of aromatic nitrogens is 2. The normalized spacial score (nSPS) is 10.4. The lowest BCUT2D eigenvalue weighted by Gasteiger charge is -1.85. The minimum absolute atomic E-state index is 0.119. The van der Waals surface area contributed by atoms with Gasteiger partial charge in [-0.3, -0.25) is 4.98 Å². The zero-order chi connectivity index (χ0) is 8.39. The average molecular weight is 182 g/mol. The van der Waals surface area contributed by atoms with Gasteiger partial charge >= 0.3 is 0 Å². The fraction of sp³-hybridized carbons (Fsp3) is 0.143. The highest BCUT2D eigenvalue weighted by Crippen LogP contribution is 2.22. The van der Waals surface area contributed by atoms with E-state index in [1.54, 1.807) is 11.7 Å². The maximum absolute atomic E-state index is 8.70. The van der Waals surface area contributed by atoms with Gasteiger partial charge in [0.2, 0.25) is 5.89 Å². The molecule has 0 bridgehead atoms. The number of nitrogens with zero attached hydrogens (tertiary/aromatic N) is 2. The molecule has 0 aromatic carbocycles. The van der Waals surface area contributed by atoms with Crippen molar-refractivity contribution in [2.24, 2.45) is 0 Å². The Kier molecular flexibility index (Phi) is 1.89. The van der Waals surface area contributed by atoms with E-state index in [9.17, 15) is 0 Å². The molecule has 0 radical (unpaired) electrons. The number of aliphatic hydroxyl groups excluding tert-OH is 1. The summed E-state index contributed by atoms with van der Waals surface area (Å²) in [6, 6.07) is 0. The van der Waals surface area contributed by atoms with Crippen LogP contribution in [-0.4, -0.2) is 15.1 Å². The van der Waals surface area contributed by atoms with Gasteiger partial charge in [0, 0.05) is 0 Å². The summed E-state index contributed by atoms with van der Waals surface area (Å²) in [5.41, 5.74) is 1.71. The Labute approximate surface area is 72.5 Å². The van der Waals surface area contributed by atoms with E-state index in [-0.39, 0.29) is 6.61 Å². The summed E-state index contributed by atoms with van der Waals surface area (Å²) in [5.74, 6) is 0.986. The Balaban J connectivity index is 2.35. The number of aliphatic hydroxyl groups is 1. The molecule has 2 heterocycles. The molecule has 0 unspecified atom stereocenters. The smallest absolute Gasteiger partial charge is 0.238 e. The number of rotatable bonds is 2. The van der Waals surface area contributed by atoms with Crippen LogP contribution < -0.4 is 0 Å². The monoisotopic (exact) mass is 182 g/mol. The minimum atomic E-state index is -0.119. The lowest BCUT2D eigenvalue weighted by molar-refractivity contribution is 0.249. The van der Waals surface area contributed by atoms with Gasteiger partial charge in [0.1, 0.15) is 17.2 Å². The van der Waals surface area contributed by atoms with E-state index in [2.05, 4.69) is 9.97 Å². The molecule has 0 saturated carbocycles. The Morgan fingerprint density at radius 3 is 3.00 bits per heavy atom. The largest absolute Gasteiger partial charge is 0.438 e. The van der Waals surface area contributed by atoms with Crippen LogP contribution in [-0.2, 0) is 6.61 Å². The number of oxazole rings is 1. The molecule has 0 aliphatic rings. The predicted molar refractivity (Wildman–Crippen MR) is 43.5 cm³/mol. The molecule has 0 aliphatic carbocycles. The first-order valence-electron chi connectivity index (χ1n) is 3.34. The van der Waals surface area contributed by atoms with E-state index in [0.717, 1.165) is 4.88 Å². The summed E-state index contributed by atoms with van der Waals surface area (Å²) in [5, 5.41) is 8.70. The molecular formula is C7H6N2O2S. The Hall–Kier alpha value is -1.20. The van der Waals surface area contributed by atoms with Gasteiger partial charge in [0.05, 0.1) is 17.9 Å². The third kappa shape index (κ3) is 1.24. The van der Waals surface area contributed by atoms with E-state index in [1.807, 2.05) is 0 Å². The molecule has 1 N–H and O–H groups in total. The maximum Gasteiger partial charge on any atom is 0.238 e. The van der Waals surface area contributed by atoms with Crippen molar-refractivity contribution in [3.8, 4) is 10.8 Å². The summed E-state index contributed by atoms with van der Waals surface area (Å²) in [6.45, 7) is -0.119. The van der Waals surface area contributed by atoms with Gasteiger partial charge < -0.3 is 9.52 Å². The molecule has 0 amide bonds. The van der Waals surface area contributed by atoms with Crippen LogP contribution in [0.1, 0.15) is 5.76 Å². The summed E-state index contributed by atoms with van der Waals surface area (Å²) in [6.07, 6.45) is 3.19. The van der Waals surface area contributed by atoms with Crippen LogP contribution in [0.4, 0.5) is 0 Å². The van der Waals surface area contributed by atoms with Gasteiger partial charge in [-0.25, -0.2) is 4.98 Å². The quantitative estimate of drug-likeness (QED) is 0.760. The predicted octanol–water partition coefficient (Wildman–Crippen LogP) is 1.29. The summed E-state index contributed by atoms with van der Waals surface area (Å²) in [4.78, 5) is 8.73. The topological polar surface area (TPSA) is 59.2 Å². The van der Waals surface area contributed by atoms with Crippen LogP contribution in [0.3, 0.4) is 0 Å². The van der Waals surface area contributed by atoms with Crippen molar-refractivity contribution < 1.29 is 9.52 Å². The van der Waals surface area contributed by atoms with Crippen LogP contribution >= 0.6 is 11.3 Å². The van der Waals surface area contributed by atoms with Crippen molar-refractivity contribution >= 4 is 11.3 Å². The summed E-state index contributed by atoms with van der Waals surface area (Å²) < 4.78 is 5.19. The third-order valence-electron chi connectivity index (χ3n) is 1.35. The fourth-order valence-electron chi connectivity index (χ4n) is 0.816. The van der Waals surface area contributed by atoms with Crippen molar-refractivity contribution in [1.29, 1.82) is 0 Å². The lowest BCUT2D eigenvalue weighted by Crippen LogP contribution is -1.73. The maximum atomic E-state index is 8.70. The number of hydrogen-bond donors (Lipinski definition) is 1. The van der Waals surface area contributed by atoms with Crippen LogP contribution in [0.25, 0.3) is 10.8 Å². The molecule has 12 heavy (non-hydrogen) atoms. The van der Waals surface area contributed by atoms with Gasteiger partial charge in [-0.15, -0.1) is 11.3 Å². The highest BCUT2D eigenvalue weighted by molar-refractivity contribution is 7.13. The molecule has 2 aromatic rings. The fourth-order valence-corrected chi connectivity index (χ4v) is 1.37. The van der Waals surface area contributed by atoms with Crippen molar-refractivity contribution in [2.75, 3.05) is 0 Å². The average Bonchev–Trinajstić information content (AvgIpc) is 2.75. The first-order chi connectivity index (χ1) is 5.90. The van der Waals surface area contributed by atoms with E-state index in [1.165, 1.54) is 17.5 Å². The second-order valence-corrected chi connectivity index (χ2v) is 3.04. The molecule has 2 aromatic heterocycles. The Bertz CT molecular complexity index is 355. The zero-order valence-corrected chi connectivity index (χ0v) is 6.91. The zero-order valence-electron chi connectivity index (χ0n) is 6.10. The SMILES string of the molecule is OCc1cnc(-c2cncs2)o1. The molecule has 2 rings (SSSR count). The first kappa shape index (κ1) is 7.45. The van der Waals surface area contributed by atoms with E-state index in [0.29, 0.717) is 11.7 Å². The molecule has 0 aliphatic heterocycles. The lowest BCUT2D eigenvalue weighted by atomic mass is 10.6. The van der Waals surface area contributed by atoms with Crippen molar-refractivity contribution in [3.63, 3.8) is 0 Å². The molecule has 0 saturated heterocycles. The van der Waals surface area contributed by atoms with Crippen LogP contribution in [0.2, 0.25) is 0 Å². The number of thiazole rings is 1. The van der Waals surface area contributed by atoms with Crippen molar-refractivity contribution in [2.45, 2.75) is 6.61 Å². The first-order valence-corrected chi connectivity index (χ1v) is 4.22. The van der Waals surface area contributed by atoms with Gasteiger partial charge in [-0.05, 0) is 0 Å². The third-order valence-corrected chi connectivity index (χ3v) is 2.11. The second kappa shape index (κ2) is 3.04. The van der Waals surface area contributed by atoms with Gasteiger partial charge in [-0.2, -0.15) is 0 Å². The Morgan fingerprint density at radius 1 is 1.50 bits per heavy atom. The van der Waals surface area contributed by atoms with E-state index >= 15 is 0 Å². The minimum Gasteiger partial charge on any atom is -0.438 e. The van der Waals surface area contributed by atoms with E-state index in [4.69, 9.17) is 9.52 Å². The van der Waals surface area contributed by atoms with Crippen LogP contribution in [0.15, 0.2) is 22.3 Å². The van der Waals surface area contributed by atoms with Crippen LogP contribution in [0, 0.1) is 0 Å². The van der Waals surface area contributed by atoms with Crippen molar-refractivity contribution in [1.82, 2.24) is 9.97 Å².